The van der Waals surface area contributed by atoms with Gasteiger partial charge in [0, 0.05) is 23.8 Å². The summed E-state index contributed by atoms with van der Waals surface area (Å²) < 4.78 is 0. The lowest BCUT2D eigenvalue weighted by molar-refractivity contribution is 0.712. The van der Waals surface area contributed by atoms with Gasteiger partial charge < -0.3 is 10.6 Å². The van der Waals surface area contributed by atoms with Gasteiger partial charge in [0.2, 0.25) is 0 Å². The number of rotatable bonds is 6. The number of unbranched alkanes of at least 4 members (excludes halogenated alkanes) is 1. The van der Waals surface area contributed by atoms with Crippen molar-refractivity contribution in [3.8, 4) is 0 Å². The second-order valence-corrected chi connectivity index (χ2v) is 5.10. The minimum atomic E-state index is 0.503. The molecule has 0 aliphatic heterocycles. The third-order valence-corrected chi connectivity index (χ3v) is 3.44. The molecular weight excluding hydrogens is 228 g/mol. The Balaban J connectivity index is 2.25. The molecule has 2 N–H and O–H groups in total. The van der Waals surface area contributed by atoms with Crippen LogP contribution in [0.25, 0.3) is 0 Å². The van der Waals surface area contributed by atoms with E-state index in [-0.39, 0.29) is 0 Å². The lowest BCUT2D eigenvalue weighted by Gasteiger charge is -2.26. The molecule has 0 unspecified atom stereocenters. The highest BCUT2D eigenvalue weighted by Crippen LogP contribution is 2.33. The van der Waals surface area contributed by atoms with E-state index in [1.807, 2.05) is 12.1 Å². The van der Waals surface area contributed by atoms with E-state index in [1.165, 1.54) is 31.4 Å². The van der Waals surface area contributed by atoms with E-state index in [4.69, 9.17) is 18.0 Å². The van der Waals surface area contributed by atoms with E-state index in [9.17, 15) is 0 Å². The normalized spacial score (nSPS) is 14.6. The first-order valence-electron chi connectivity index (χ1n) is 6.39. The van der Waals surface area contributed by atoms with Crippen LogP contribution < -0.4 is 10.6 Å². The van der Waals surface area contributed by atoms with Gasteiger partial charge in [-0.25, -0.2) is 0 Å². The lowest BCUT2D eigenvalue weighted by Crippen LogP contribution is -2.29. The van der Waals surface area contributed by atoms with E-state index in [0.29, 0.717) is 11.0 Å². The molecule has 0 atom stereocenters. The summed E-state index contributed by atoms with van der Waals surface area (Å²) in [7, 11) is 0. The summed E-state index contributed by atoms with van der Waals surface area (Å²) in [5, 5.41) is 0. The summed E-state index contributed by atoms with van der Waals surface area (Å²) in [4.78, 5) is 2.99. The van der Waals surface area contributed by atoms with Crippen molar-refractivity contribution in [1.29, 1.82) is 0 Å². The van der Waals surface area contributed by atoms with Crippen molar-refractivity contribution in [2.75, 3.05) is 11.4 Å². The van der Waals surface area contributed by atoms with Crippen molar-refractivity contribution >= 4 is 22.9 Å². The van der Waals surface area contributed by atoms with Crippen molar-refractivity contribution in [2.24, 2.45) is 5.73 Å². The summed E-state index contributed by atoms with van der Waals surface area (Å²) >= 11 is 5.14. The van der Waals surface area contributed by atoms with E-state index in [0.717, 1.165) is 12.1 Å². The van der Waals surface area contributed by atoms with Gasteiger partial charge in [0.15, 0.2) is 0 Å². The molecule has 1 saturated carbocycles. The maximum Gasteiger partial charge on any atom is 0.106 e. The van der Waals surface area contributed by atoms with Crippen molar-refractivity contribution in [3.63, 3.8) is 0 Å². The quantitative estimate of drug-likeness (QED) is 0.784. The molecule has 0 radical (unpaired) electrons. The van der Waals surface area contributed by atoms with Crippen LogP contribution in [0.2, 0.25) is 0 Å². The van der Waals surface area contributed by atoms with E-state index >= 15 is 0 Å². The van der Waals surface area contributed by atoms with Crippen LogP contribution >= 0.6 is 12.2 Å². The van der Waals surface area contributed by atoms with Crippen LogP contribution in [0.5, 0.6) is 0 Å². The first kappa shape index (κ1) is 12.4. The van der Waals surface area contributed by atoms with Crippen molar-refractivity contribution in [1.82, 2.24) is 0 Å². The van der Waals surface area contributed by atoms with Crippen molar-refractivity contribution in [3.05, 3.63) is 29.8 Å². The average Bonchev–Trinajstić information content (AvgIpc) is 3.14. The maximum absolute atomic E-state index is 5.81. The molecule has 1 aromatic rings. The molecule has 0 spiro atoms. The number of nitrogens with two attached hydrogens (primary N) is 1. The molecule has 0 aromatic heterocycles. The number of nitrogens with zero attached hydrogens (tertiary/aromatic N) is 1. The Kier molecular flexibility index (Phi) is 4.00. The van der Waals surface area contributed by atoms with Gasteiger partial charge in [0.1, 0.15) is 4.99 Å². The van der Waals surface area contributed by atoms with Crippen LogP contribution in [-0.4, -0.2) is 17.6 Å². The highest BCUT2D eigenvalue weighted by atomic mass is 32.1. The van der Waals surface area contributed by atoms with E-state index in [1.54, 1.807) is 0 Å². The first-order chi connectivity index (χ1) is 8.24. The van der Waals surface area contributed by atoms with Crippen LogP contribution in [0, 0.1) is 0 Å². The number of para-hydroxylation sites is 1. The molecule has 1 aliphatic carbocycles. The number of hydrogen-bond acceptors (Lipinski definition) is 2. The smallest absolute Gasteiger partial charge is 0.106 e. The minimum Gasteiger partial charge on any atom is -0.389 e. The Bertz CT molecular complexity index is 399. The molecule has 0 bridgehead atoms. The molecule has 2 nitrogen and oxygen atoms in total. The number of thiocarbonyl (C=S) groups is 1. The lowest BCUT2D eigenvalue weighted by atomic mass is 10.1. The third kappa shape index (κ3) is 2.97. The number of hydrogen-bond donors (Lipinski definition) is 1. The predicted octanol–water partition coefficient (Wildman–Crippen LogP) is 3.09. The summed E-state index contributed by atoms with van der Waals surface area (Å²) in [6.07, 6.45) is 5.05. The molecule has 0 saturated heterocycles. The Labute approximate surface area is 109 Å². The summed E-state index contributed by atoms with van der Waals surface area (Å²) in [6, 6.07) is 8.94. The SMILES string of the molecule is CCCCN(c1ccccc1C(N)=S)C1CC1. The van der Waals surface area contributed by atoms with Gasteiger partial charge in [-0.05, 0) is 31.4 Å². The first-order valence-corrected chi connectivity index (χ1v) is 6.80. The van der Waals surface area contributed by atoms with E-state index < -0.39 is 0 Å². The zero-order chi connectivity index (χ0) is 12.3. The van der Waals surface area contributed by atoms with Gasteiger partial charge in [-0.3, -0.25) is 0 Å². The fraction of sp³-hybridized carbons (Fsp3) is 0.500. The summed E-state index contributed by atoms with van der Waals surface area (Å²) in [5.41, 5.74) is 8.04. The second-order valence-electron chi connectivity index (χ2n) is 4.66. The van der Waals surface area contributed by atoms with Crippen LogP contribution in [-0.2, 0) is 0 Å². The predicted molar refractivity (Wildman–Crippen MR) is 77.6 cm³/mol. The molecule has 1 aromatic carbocycles. The average molecular weight is 248 g/mol. The van der Waals surface area contributed by atoms with E-state index in [2.05, 4.69) is 24.0 Å². The largest absolute Gasteiger partial charge is 0.389 e. The summed E-state index contributed by atoms with van der Waals surface area (Å²) in [6.45, 7) is 3.34. The van der Waals surface area contributed by atoms with Crippen molar-refractivity contribution < 1.29 is 0 Å². The van der Waals surface area contributed by atoms with Crippen LogP contribution in [0.1, 0.15) is 38.2 Å². The third-order valence-electron chi connectivity index (χ3n) is 3.22. The van der Waals surface area contributed by atoms with Gasteiger partial charge in [0.25, 0.3) is 0 Å². The summed E-state index contributed by atoms with van der Waals surface area (Å²) in [5.74, 6) is 0. The Morgan fingerprint density at radius 1 is 1.41 bits per heavy atom. The minimum absolute atomic E-state index is 0.503. The maximum atomic E-state index is 5.81. The number of benzene rings is 1. The molecule has 1 fully saturated rings. The highest BCUT2D eigenvalue weighted by molar-refractivity contribution is 7.80. The molecule has 2 rings (SSSR count). The second kappa shape index (κ2) is 5.50. The topological polar surface area (TPSA) is 29.3 Å². The molecule has 1 aliphatic rings. The Morgan fingerprint density at radius 3 is 2.71 bits per heavy atom. The molecule has 3 heteroatoms. The molecule has 92 valence electrons. The van der Waals surface area contributed by atoms with Gasteiger partial charge in [-0.15, -0.1) is 0 Å². The van der Waals surface area contributed by atoms with Crippen LogP contribution in [0.15, 0.2) is 24.3 Å². The molecule has 0 heterocycles. The highest BCUT2D eigenvalue weighted by Gasteiger charge is 2.30. The zero-order valence-electron chi connectivity index (χ0n) is 10.4. The fourth-order valence-corrected chi connectivity index (χ4v) is 2.32. The molecule has 0 amide bonds. The Morgan fingerprint density at radius 2 is 2.12 bits per heavy atom. The molecule has 17 heavy (non-hydrogen) atoms. The van der Waals surface area contributed by atoms with Gasteiger partial charge in [-0.1, -0.05) is 37.7 Å². The molecular formula is C14H20N2S. The number of anilines is 1. The zero-order valence-corrected chi connectivity index (χ0v) is 11.2. The van der Waals surface area contributed by atoms with Crippen LogP contribution in [0.3, 0.4) is 0 Å². The van der Waals surface area contributed by atoms with Crippen molar-refractivity contribution in [2.45, 2.75) is 38.6 Å². The van der Waals surface area contributed by atoms with Crippen LogP contribution in [0.4, 0.5) is 5.69 Å². The van der Waals surface area contributed by atoms with Gasteiger partial charge in [0.05, 0.1) is 0 Å². The standard InChI is InChI=1S/C14H20N2S/c1-2-3-10-16(11-8-9-11)13-7-5-4-6-12(13)14(15)17/h4-7,11H,2-3,8-10H2,1H3,(H2,15,17). The van der Waals surface area contributed by atoms with Gasteiger partial charge in [-0.2, -0.15) is 0 Å². The monoisotopic (exact) mass is 248 g/mol. The fourth-order valence-electron chi connectivity index (χ4n) is 2.15. The Hall–Kier alpha value is -1.09. The van der Waals surface area contributed by atoms with Gasteiger partial charge >= 0.3 is 0 Å².